The summed E-state index contributed by atoms with van der Waals surface area (Å²) in [6.07, 6.45) is 2.49. The van der Waals surface area contributed by atoms with E-state index in [1.165, 1.54) is 40.8 Å². The highest BCUT2D eigenvalue weighted by Gasteiger charge is 2.30. The second kappa shape index (κ2) is 5.32. The average Bonchev–Trinajstić information content (AvgIpc) is 2.32. The second-order valence-electron chi connectivity index (χ2n) is 6.30. The van der Waals surface area contributed by atoms with Crippen LogP contribution < -0.4 is 5.32 Å². The molecule has 1 heteroatoms. The number of rotatable bonds is 3. The number of hydrogen-bond acceptors (Lipinski definition) is 1. The summed E-state index contributed by atoms with van der Waals surface area (Å²) in [5.41, 5.74) is 6.82. The standard InChI is InChI=1S/C19H23N/c1-13-5-4-6-16(8-13)17-11-19(12-17)20-18-9-14(2)7-15(3)10-18/h4-10,17,19-20H,11-12H2,1-3H3. The predicted octanol–water partition coefficient (Wildman–Crippen LogP) is 4.97. The maximum atomic E-state index is 3.67. The molecule has 2 aromatic carbocycles. The van der Waals surface area contributed by atoms with Gasteiger partial charge in [-0.05, 0) is 68.4 Å². The minimum absolute atomic E-state index is 0.627. The molecule has 0 saturated heterocycles. The Hall–Kier alpha value is -1.76. The molecule has 0 spiro atoms. The van der Waals surface area contributed by atoms with Crippen LogP contribution in [0.1, 0.15) is 41.0 Å². The van der Waals surface area contributed by atoms with Crippen LogP contribution in [-0.2, 0) is 0 Å². The van der Waals surface area contributed by atoms with Gasteiger partial charge in [-0.25, -0.2) is 0 Å². The fourth-order valence-corrected chi connectivity index (χ4v) is 3.23. The molecule has 1 N–H and O–H groups in total. The van der Waals surface area contributed by atoms with E-state index < -0.39 is 0 Å². The van der Waals surface area contributed by atoms with Crippen LogP contribution in [0.3, 0.4) is 0 Å². The molecular weight excluding hydrogens is 242 g/mol. The van der Waals surface area contributed by atoms with Crippen LogP contribution in [0.2, 0.25) is 0 Å². The van der Waals surface area contributed by atoms with Crippen LogP contribution >= 0.6 is 0 Å². The third kappa shape index (κ3) is 2.87. The Morgan fingerprint density at radius 2 is 1.55 bits per heavy atom. The number of aryl methyl sites for hydroxylation is 3. The Morgan fingerprint density at radius 3 is 2.20 bits per heavy atom. The second-order valence-corrected chi connectivity index (χ2v) is 6.30. The molecule has 0 aromatic heterocycles. The zero-order chi connectivity index (χ0) is 14.1. The molecular formula is C19H23N. The molecule has 0 aliphatic heterocycles. The molecule has 0 bridgehead atoms. The molecule has 2 aromatic rings. The van der Waals surface area contributed by atoms with Gasteiger partial charge < -0.3 is 5.32 Å². The normalized spacial score (nSPS) is 21.4. The minimum Gasteiger partial charge on any atom is -0.382 e. The zero-order valence-electron chi connectivity index (χ0n) is 12.6. The molecule has 0 heterocycles. The highest BCUT2D eigenvalue weighted by molar-refractivity contribution is 5.49. The van der Waals surface area contributed by atoms with E-state index >= 15 is 0 Å². The fourth-order valence-electron chi connectivity index (χ4n) is 3.23. The van der Waals surface area contributed by atoms with Crippen molar-refractivity contribution in [3.63, 3.8) is 0 Å². The van der Waals surface area contributed by atoms with Crippen molar-refractivity contribution in [3.8, 4) is 0 Å². The Kier molecular flexibility index (Phi) is 3.52. The summed E-state index contributed by atoms with van der Waals surface area (Å²) < 4.78 is 0. The fraction of sp³-hybridized carbons (Fsp3) is 0.368. The van der Waals surface area contributed by atoms with Crippen LogP contribution in [0.5, 0.6) is 0 Å². The third-order valence-corrected chi connectivity index (χ3v) is 4.24. The van der Waals surface area contributed by atoms with E-state index in [-0.39, 0.29) is 0 Å². The average molecular weight is 265 g/mol. The molecule has 0 amide bonds. The molecule has 0 unspecified atom stereocenters. The Bertz CT molecular complexity index is 589. The van der Waals surface area contributed by atoms with E-state index in [4.69, 9.17) is 0 Å². The van der Waals surface area contributed by atoms with Gasteiger partial charge in [0.1, 0.15) is 0 Å². The molecule has 3 rings (SSSR count). The Morgan fingerprint density at radius 1 is 0.850 bits per heavy atom. The monoisotopic (exact) mass is 265 g/mol. The third-order valence-electron chi connectivity index (χ3n) is 4.24. The number of hydrogen-bond donors (Lipinski definition) is 1. The van der Waals surface area contributed by atoms with Gasteiger partial charge in [-0.2, -0.15) is 0 Å². The lowest BCUT2D eigenvalue weighted by molar-refractivity contribution is 0.374. The SMILES string of the molecule is Cc1cc(C)cc(NC2CC(c3cccc(C)c3)C2)c1. The summed E-state index contributed by atoms with van der Waals surface area (Å²) in [5, 5.41) is 3.67. The van der Waals surface area contributed by atoms with Gasteiger partial charge in [-0.1, -0.05) is 35.9 Å². The maximum absolute atomic E-state index is 3.67. The summed E-state index contributed by atoms with van der Waals surface area (Å²) in [5.74, 6) is 0.735. The van der Waals surface area contributed by atoms with Gasteiger partial charge in [0.25, 0.3) is 0 Å². The van der Waals surface area contributed by atoms with E-state index in [1.54, 1.807) is 0 Å². The summed E-state index contributed by atoms with van der Waals surface area (Å²) >= 11 is 0. The summed E-state index contributed by atoms with van der Waals surface area (Å²) in [4.78, 5) is 0. The van der Waals surface area contributed by atoms with Crippen LogP contribution in [-0.4, -0.2) is 6.04 Å². The first-order chi connectivity index (χ1) is 9.60. The van der Waals surface area contributed by atoms with Gasteiger partial charge in [0.15, 0.2) is 0 Å². The number of benzene rings is 2. The molecule has 1 fully saturated rings. The molecule has 1 nitrogen and oxygen atoms in total. The van der Waals surface area contributed by atoms with Crippen molar-refractivity contribution in [1.29, 1.82) is 0 Å². The molecule has 1 saturated carbocycles. The summed E-state index contributed by atoms with van der Waals surface area (Å²) in [6.45, 7) is 6.50. The summed E-state index contributed by atoms with van der Waals surface area (Å²) in [6, 6.07) is 16.3. The van der Waals surface area contributed by atoms with Crippen molar-refractivity contribution in [2.75, 3.05) is 5.32 Å². The predicted molar refractivity (Wildman–Crippen MR) is 86.5 cm³/mol. The van der Waals surface area contributed by atoms with Gasteiger partial charge >= 0.3 is 0 Å². The molecule has 0 radical (unpaired) electrons. The van der Waals surface area contributed by atoms with E-state index in [1.807, 2.05) is 0 Å². The number of anilines is 1. The largest absolute Gasteiger partial charge is 0.382 e. The zero-order valence-corrected chi connectivity index (χ0v) is 12.6. The highest BCUT2D eigenvalue weighted by Crippen LogP contribution is 2.38. The minimum atomic E-state index is 0.627. The van der Waals surface area contributed by atoms with Crippen molar-refractivity contribution >= 4 is 5.69 Å². The summed E-state index contributed by atoms with van der Waals surface area (Å²) in [7, 11) is 0. The lowest BCUT2D eigenvalue weighted by Gasteiger charge is -2.37. The van der Waals surface area contributed by atoms with Gasteiger partial charge in [-0.15, -0.1) is 0 Å². The first-order valence-electron chi connectivity index (χ1n) is 7.51. The van der Waals surface area contributed by atoms with Crippen molar-refractivity contribution in [2.45, 2.75) is 45.6 Å². The van der Waals surface area contributed by atoms with E-state index in [0.717, 1.165) is 5.92 Å². The van der Waals surface area contributed by atoms with E-state index in [2.05, 4.69) is 68.6 Å². The molecule has 0 atom stereocenters. The topological polar surface area (TPSA) is 12.0 Å². The van der Waals surface area contributed by atoms with Crippen molar-refractivity contribution in [2.24, 2.45) is 0 Å². The Labute approximate surface area is 122 Å². The van der Waals surface area contributed by atoms with Crippen molar-refractivity contribution < 1.29 is 0 Å². The smallest absolute Gasteiger partial charge is 0.0347 e. The molecule has 1 aliphatic rings. The van der Waals surface area contributed by atoms with Crippen LogP contribution in [0.4, 0.5) is 5.69 Å². The lowest BCUT2D eigenvalue weighted by atomic mass is 9.75. The van der Waals surface area contributed by atoms with Gasteiger partial charge in [-0.3, -0.25) is 0 Å². The lowest BCUT2D eigenvalue weighted by Crippen LogP contribution is -2.34. The van der Waals surface area contributed by atoms with Crippen molar-refractivity contribution in [1.82, 2.24) is 0 Å². The molecule has 104 valence electrons. The number of nitrogens with one attached hydrogen (secondary N) is 1. The quantitative estimate of drug-likeness (QED) is 0.826. The van der Waals surface area contributed by atoms with Gasteiger partial charge in [0.05, 0.1) is 0 Å². The van der Waals surface area contributed by atoms with E-state index in [9.17, 15) is 0 Å². The first kappa shape index (κ1) is 13.2. The van der Waals surface area contributed by atoms with Crippen LogP contribution in [0, 0.1) is 20.8 Å². The maximum Gasteiger partial charge on any atom is 0.0347 e. The Balaban J connectivity index is 1.61. The highest BCUT2D eigenvalue weighted by atomic mass is 14.9. The van der Waals surface area contributed by atoms with Gasteiger partial charge in [0.2, 0.25) is 0 Å². The van der Waals surface area contributed by atoms with Crippen molar-refractivity contribution in [3.05, 3.63) is 64.7 Å². The van der Waals surface area contributed by atoms with Crippen LogP contribution in [0.25, 0.3) is 0 Å². The molecule has 1 aliphatic carbocycles. The van der Waals surface area contributed by atoms with Gasteiger partial charge in [0, 0.05) is 11.7 Å². The van der Waals surface area contributed by atoms with E-state index in [0.29, 0.717) is 6.04 Å². The van der Waals surface area contributed by atoms with Crippen LogP contribution in [0.15, 0.2) is 42.5 Å². The first-order valence-corrected chi connectivity index (χ1v) is 7.51. The molecule has 20 heavy (non-hydrogen) atoms.